The van der Waals surface area contributed by atoms with Gasteiger partial charge < -0.3 is 10.2 Å². The summed E-state index contributed by atoms with van der Waals surface area (Å²) in [5.74, 6) is -0.281. The lowest BCUT2D eigenvalue weighted by atomic mass is 9.95. The fraction of sp³-hybridized carbons (Fsp3) is 0.500. The van der Waals surface area contributed by atoms with Crippen molar-refractivity contribution in [2.75, 3.05) is 17.1 Å². The maximum Gasteiger partial charge on any atom is 0.243 e. The number of carbonyl (C=O) groups excluding carboxylic acids is 2. The van der Waals surface area contributed by atoms with Crippen LogP contribution in [0.15, 0.2) is 54.6 Å². The second-order valence-electron chi connectivity index (χ2n) is 9.69. The highest BCUT2D eigenvalue weighted by Crippen LogP contribution is 2.22. The third-order valence-corrected chi connectivity index (χ3v) is 8.25. The highest BCUT2D eigenvalue weighted by molar-refractivity contribution is 7.92. The van der Waals surface area contributed by atoms with Crippen molar-refractivity contribution in [2.45, 2.75) is 76.9 Å². The second kappa shape index (κ2) is 13.8. The number of hydrogen-bond donors (Lipinski definition) is 1. The van der Waals surface area contributed by atoms with Crippen molar-refractivity contribution in [3.8, 4) is 0 Å². The Kier molecular flexibility index (Phi) is 10.8. The van der Waals surface area contributed by atoms with E-state index in [0.29, 0.717) is 30.1 Å². The Balaban J connectivity index is 1.72. The number of carbonyl (C=O) groups is 2. The van der Waals surface area contributed by atoms with Gasteiger partial charge >= 0.3 is 0 Å². The minimum Gasteiger partial charge on any atom is -0.352 e. The molecule has 1 aliphatic carbocycles. The largest absolute Gasteiger partial charge is 0.352 e. The van der Waals surface area contributed by atoms with Crippen molar-refractivity contribution in [1.29, 1.82) is 0 Å². The van der Waals surface area contributed by atoms with Crippen LogP contribution in [0, 0.1) is 0 Å². The molecule has 0 spiro atoms. The number of hydrogen-bond acceptors (Lipinski definition) is 4. The number of benzene rings is 2. The zero-order valence-corrected chi connectivity index (χ0v) is 23.3. The van der Waals surface area contributed by atoms with E-state index >= 15 is 0 Å². The van der Waals surface area contributed by atoms with Gasteiger partial charge in [0.05, 0.1) is 11.9 Å². The molecule has 0 aromatic heterocycles. The van der Waals surface area contributed by atoms with Gasteiger partial charge in [-0.05, 0) is 55.5 Å². The van der Waals surface area contributed by atoms with Gasteiger partial charge in [-0.1, -0.05) is 68.1 Å². The Morgan fingerprint density at radius 2 is 1.68 bits per heavy atom. The van der Waals surface area contributed by atoms with Crippen LogP contribution in [0.2, 0.25) is 5.02 Å². The van der Waals surface area contributed by atoms with Crippen molar-refractivity contribution in [2.24, 2.45) is 0 Å². The van der Waals surface area contributed by atoms with Gasteiger partial charge in [0.2, 0.25) is 21.8 Å². The summed E-state index contributed by atoms with van der Waals surface area (Å²) in [5.41, 5.74) is 1.44. The van der Waals surface area contributed by atoms with E-state index in [1.54, 1.807) is 29.2 Å². The Hall–Kier alpha value is -2.58. The first kappa shape index (κ1) is 29.0. The van der Waals surface area contributed by atoms with E-state index in [1.165, 1.54) is 10.7 Å². The Morgan fingerprint density at radius 1 is 1.03 bits per heavy atom. The summed E-state index contributed by atoms with van der Waals surface area (Å²) < 4.78 is 26.2. The molecule has 0 radical (unpaired) electrons. The predicted molar refractivity (Wildman–Crippen MR) is 149 cm³/mol. The number of anilines is 1. The van der Waals surface area contributed by atoms with Gasteiger partial charge in [0, 0.05) is 30.6 Å². The molecule has 1 aliphatic rings. The van der Waals surface area contributed by atoms with E-state index in [9.17, 15) is 18.0 Å². The number of sulfonamides is 1. The lowest BCUT2D eigenvalue weighted by molar-refractivity contribution is -0.141. The predicted octanol–water partition coefficient (Wildman–Crippen LogP) is 5.14. The number of halogens is 1. The van der Waals surface area contributed by atoms with E-state index < -0.39 is 16.1 Å². The summed E-state index contributed by atoms with van der Waals surface area (Å²) in [4.78, 5) is 28.5. The van der Waals surface area contributed by atoms with E-state index in [2.05, 4.69) is 5.32 Å². The fourth-order valence-electron chi connectivity index (χ4n) is 4.86. The molecule has 1 N–H and O–H groups in total. The summed E-state index contributed by atoms with van der Waals surface area (Å²) in [6.45, 7) is 2.39. The van der Waals surface area contributed by atoms with Gasteiger partial charge in [-0.25, -0.2) is 8.42 Å². The molecule has 202 valence electrons. The number of amides is 2. The summed E-state index contributed by atoms with van der Waals surface area (Å²) >= 11 is 5.96. The molecular weight excluding hydrogens is 510 g/mol. The average Bonchev–Trinajstić information content (AvgIpc) is 2.87. The molecule has 9 heteroatoms. The zero-order chi connectivity index (χ0) is 26.8. The monoisotopic (exact) mass is 547 g/mol. The van der Waals surface area contributed by atoms with Crippen molar-refractivity contribution in [3.05, 3.63) is 65.2 Å². The first-order chi connectivity index (χ1) is 17.7. The first-order valence-electron chi connectivity index (χ1n) is 13.1. The molecule has 1 fully saturated rings. The van der Waals surface area contributed by atoms with Gasteiger partial charge in [-0.2, -0.15) is 0 Å². The van der Waals surface area contributed by atoms with Crippen LogP contribution in [0.3, 0.4) is 0 Å². The molecule has 1 atom stereocenters. The molecule has 7 nitrogen and oxygen atoms in total. The lowest BCUT2D eigenvalue weighted by Gasteiger charge is -2.33. The van der Waals surface area contributed by atoms with Gasteiger partial charge in [0.25, 0.3) is 0 Å². The summed E-state index contributed by atoms with van der Waals surface area (Å²) in [6, 6.07) is 15.8. The normalized spacial score (nSPS) is 15.1. The summed E-state index contributed by atoms with van der Waals surface area (Å²) in [7, 11) is -3.55. The topological polar surface area (TPSA) is 86.8 Å². The second-order valence-corrected chi connectivity index (χ2v) is 12.0. The number of rotatable bonds is 12. The number of nitrogens with zero attached hydrogens (tertiary/aromatic N) is 2. The highest BCUT2D eigenvalue weighted by Gasteiger charge is 2.30. The minimum atomic E-state index is -3.55. The van der Waals surface area contributed by atoms with Crippen LogP contribution < -0.4 is 9.62 Å². The molecule has 0 unspecified atom stereocenters. The summed E-state index contributed by atoms with van der Waals surface area (Å²) in [6.07, 6.45) is 7.45. The quantitative estimate of drug-likeness (QED) is 0.398. The van der Waals surface area contributed by atoms with Gasteiger partial charge in [-0.3, -0.25) is 13.9 Å². The molecule has 0 heterocycles. The third kappa shape index (κ3) is 8.75. The smallest absolute Gasteiger partial charge is 0.243 e. The molecule has 2 aromatic carbocycles. The Bertz CT molecular complexity index is 1120. The maximum atomic E-state index is 13.5. The van der Waals surface area contributed by atoms with Gasteiger partial charge in [0.15, 0.2) is 0 Å². The van der Waals surface area contributed by atoms with E-state index in [0.717, 1.165) is 37.5 Å². The SMILES string of the molecule is CC[C@H](C(=O)NC1CCCCC1)N(Cc1ccccc1)C(=O)CCCN(c1ccc(Cl)cc1)S(C)(=O)=O. The minimum absolute atomic E-state index is 0.113. The van der Waals surface area contributed by atoms with Crippen LogP contribution in [0.4, 0.5) is 5.69 Å². The Labute approximate surface area is 226 Å². The van der Waals surface area contributed by atoms with E-state index in [1.807, 2.05) is 37.3 Å². The first-order valence-corrected chi connectivity index (χ1v) is 15.3. The molecule has 37 heavy (non-hydrogen) atoms. The van der Waals surface area contributed by atoms with Crippen LogP contribution in [0.25, 0.3) is 0 Å². The number of nitrogens with one attached hydrogen (secondary N) is 1. The molecule has 0 bridgehead atoms. The van der Waals surface area contributed by atoms with Crippen molar-refractivity contribution in [3.63, 3.8) is 0 Å². The van der Waals surface area contributed by atoms with Crippen molar-refractivity contribution in [1.82, 2.24) is 10.2 Å². The molecule has 1 saturated carbocycles. The van der Waals surface area contributed by atoms with E-state index in [-0.39, 0.29) is 30.8 Å². The van der Waals surface area contributed by atoms with Crippen molar-refractivity contribution >= 4 is 39.1 Å². The van der Waals surface area contributed by atoms with Crippen LogP contribution in [-0.2, 0) is 26.2 Å². The van der Waals surface area contributed by atoms with Crippen molar-refractivity contribution < 1.29 is 18.0 Å². The van der Waals surface area contributed by atoms with E-state index in [4.69, 9.17) is 11.6 Å². The highest BCUT2D eigenvalue weighted by atomic mass is 35.5. The molecule has 0 aliphatic heterocycles. The molecule has 2 amide bonds. The average molecular weight is 548 g/mol. The molecular formula is C28H38ClN3O4S. The molecule has 0 saturated heterocycles. The van der Waals surface area contributed by atoms with Crippen LogP contribution in [0.5, 0.6) is 0 Å². The zero-order valence-electron chi connectivity index (χ0n) is 21.7. The third-order valence-electron chi connectivity index (χ3n) is 6.80. The standard InChI is InChI=1S/C28H38ClN3O4S/c1-3-26(28(34)30-24-13-8-5-9-14-24)31(21-22-11-6-4-7-12-22)27(33)15-10-20-32(37(2,35)36)25-18-16-23(29)17-19-25/h4,6-7,11-12,16-19,24,26H,3,5,8-10,13-15,20-21H2,1-2H3,(H,30,34)/t26-/m1/s1. The van der Waals surface area contributed by atoms with Gasteiger partial charge in [-0.15, -0.1) is 0 Å². The fourth-order valence-corrected chi connectivity index (χ4v) is 5.95. The molecule has 2 aromatic rings. The Morgan fingerprint density at radius 3 is 2.27 bits per heavy atom. The maximum absolute atomic E-state index is 13.5. The summed E-state index contributed by atoms with van der Waals surface area (Å²) in [5, 5.41) is 3.69. The van der Waals surface area contributed by atoms with Crippen LogP contribution in [-0.4, -0.2) is 50.0 Å². The van der Waals surface area contributed by atoms with Crippen LogP contribution >= 0.6 is 11.6 Å². The van der Waals surface area contributed by atoms with Crippen LogP contribution in [0.1, 0.15) is 63.9 Å². The molecule has 3 rings (SSSR count). The lowest BCUT2D eigenvalue weighted by Crippen LogP contribution is -2.51. The van der Waals surface area contributed by atoms with Gasteiger partial charge in [0.1, 0.15) is 6.04 Å².